The maximum absolute atomic E-state index is 12.4. The Morgan fingerprint density at radius 2 is 1.71 bits per heavy atom. The van der Waals surface area contributed by atoms with Crippen LogP contribution in [0.5, 0.6) is 0 Å². The minimum absolute atomic E-state index is 0.00974. The summed E-state index contributed by atoms with van der Waals surface area (Å²) in [4.78, 5) is 62.8. The Bertz CT molecular complexity index is 1060. The number of Topliss-reactive ketones (excluding diaryl/α,β-unsaturated/α-hetero) is 1. The molecule has 4 amide bonds. The largest absolute Gasteiger partial charge is 0.356 e. The highest BCUT2D eigenvalue weighted by molar-refractivity contribution is 6.21. The first-order valence-corrected chi connectivity index (χ1v) is 10.1. The van der Waals surface area contributed by atoms with E-state index in [4.69, 9.17) is 0 Å². The van der Waals surface area contributed by atoms with Crippen LogP contribution in [0.3, 0.4) is 0 Å². The molecule has 8 nitrogen and oxygen atoms in total. The van der Waals surface area contributed by atoms with E-state index in [9.17, 15) is 24.0 Å². The monoisotopic (exact) mass is 419 g/mol. The summed E-state index contributed by atoms with van der Waals surface area (Å²) in [6.07, 6.45) is 1.60. The maximum atomic E-state index is 12.4. The molecule has 0 saturated heterocycles. The van der Waals surface area contributed by atoms with Gasteiger partial charge in [0, 0.05) is 43.7 Å². The van der Waals surface area contributed by atoms with Gasteiger partial charge in [-0.3, -0.25) is 28.9 Å². The normalized spacial score (nSPS) is 14.5. The molecule has 0 unspecified atom stereocenters. The van der Waals surface area contributed by atoms with Crippen molar-refractivity contribution in [1.82, 2.24) is 10.2 Å². The first-order valence-electron chi connectivity index (χ1n) is 10.1. The number of amides is 4. The van der Waals surface area contributed by atoms with Crippen LogP contribution in [0.4, 0.5) is 5.69 Å². The van der Waals surface area contributed by atoms with Crippen molar-refractivity contribution in [3.05, 3.63) is 64.7 Å². The number of fused-ring (bicyclic) bond motifs is 2. The molecule has 2 aromatic rings. The van der Waals surface area contributed by atoms with Gasteiger partial charge in [0.15, 0.2) is 5.78 Å². The van der Waals surface area contributed by atoms with Crippen molar-refractivity contribution in [2.24, 2.45) is 0 Å². The van der Waals surface area contributed by atoms with Crippen LogP contribution in [0.1, 0.15) is 49.5 Å². The molecule has 0 atom stereocenters. The second kappa shape index (κ2) is 8.51. The molecule has 0 fully saturated rings. The third kappa shape index (κ3) is 3.96. The van der Waals surface area contributed by atoms with Crippen molar-refractivity contribution in [2.45, 2.75) is 19.3 Å². The first kappa shape index (κ1) is 20.5. The molecule has 158 valence electrons. The van der Waals surface area contributed by atoms with Crippen molar-refractivity contribution in [1.29, 1.82) is 0 Å². The molecular formula is C23H21N3O5. The number of carbonyl (C=O) groups excluding carboxylic acids is 5. The summed E-state index contributed by atoms with van der Waals surface area (Å²) in [5.41, 5.74) is 3.04. The number of rotatable bonds is 8. The summed E-state index contributed by atoms with van der Waals surface area (Å²) >= 11 is 0. The Morgan fingerprint density at radius 3 is 2.39 bits per heavy atom. The summed E-state index contributed by atoms with van der Waals surface area (Å²) in [7, 11) is 0. The zero-order valence-electron chi connectivity index (χ0n) is 16.8. The van der Waals surface area contributed by atoms with Gasteiger partial charge >= 0.3 is 0 Å². The van der Waals surface area contributed by atoms with E-state index < -0.39 is 11.8 Å². The lowest BCUT2D eigenvalue weighted by Crippen LogP contribution is -2.35. The number of hydrogen-bond acceptors (Lipinski definition) is 5. The molecule has 8 heteroatoms. The summed E-state index contributed by atoms with van der Waals surface area (Å²) in [6, 6.07) is 11.8. The Balaban J connectivity index is 1.24. The van der Waals surface area contributed by atoms with E-state index in [0.29, 0.717) is 29.7 Å². The van der Waals surface area contributed by atoms with Crippen LogP contribution in [0.2, 0.25) is 0 Å². The molecule has 1 N–H and O–H groups in total. The van der Waals surface area contributed by atoms with Gasteiger partial charge in [0.2, 0.25) is 12.3 Å². The van der Waals surface area contributed by atoms with E-state index in [-0.39, 0.29) is 37.6 Å². The molecule has 31 heavy (non-hydrogen) atoms. The summed E-state index contributed by atoms with van der Waals surface area (Å²) in [5, 5.41) is 2.66. The van der Waals surface area contributed by atoms with Crippen molar-refractivity contribution in [2.75, 3.05) is 24.5 Å². The third-order valence-corrected chi connectivity index (χ3v) is 5.58. The molecule has 0 aromatic heterocycles. The predicted molar refractivity (Wildman–Crippen MR) is 112 cm³/mol. The maximum Gasteiger partial charge on any atom is 0.261 e. The predicted octanol–water partition coefficient (Wildman–Crippen LogP) is 1.58. The number of nitrogens with one attached hydrogen (secondary N) is 1. The van der Waals surface area contributed by atoms with Gasteiger partial charge in [0.1, 0.15) is 0 Å². The van der Waals surface area contributed by atoms with Gasteiger partial charge in [-0.25, -0.2) is 0 Å². The van der Waals surface area contributed by atoms with Crippen molar-refractivity contribution in [3.63, 3.8) is 0 Å². The quantitative estimate of drug-likeness (QED) is 0.398. The molecule has 2 heterocycles. The number of anilines is 1. The average molecular weight is 419 g/mol. The molecule has 0 bridgehead atoms. The number of nitrogens with zero attached hydrogens (tertiary/aromatic N) is 2. The highest BCUT2D eigenvalue weighted by Gasteiger charge is 2.34. The fourth-order valence-corrected chi connectivity index (χ4v) is 3.91. The number of ketones is 1. The van der Waals surface area contributed by atoms with Gasteiger partial charge < -0.3 is 10.2 Å². The Hall–Kier alpha value is -3.81. The SMILES string of the molecule is O=CN1CCc2cc(C(=O)CCNC(=O)CCN3C(=O)c4ccccc4C3=O)ccc21. The van der Waals surface area contributed by atoms with Crippen LogP contribution in [0, 0.1) is 0 Å². The minimum Gasteiger partial charge on any atom is -0.356 e. The second-order valence-electron chi connectivity index (χ2n) is 7.47. The second-order valence-corrected chi connectivity index (χ2v) is 7.47. The fourth-order valence-electron chi connectivity index (χ4n) is 3.91. The highest BCUT2D eigenvalue weighted by atomic mass is 16.2. The molecule has 0 spiro atoms. The number of hydrogen-bond donors (Lipinski definition) is 1. The Kier molecular flexibility index (Phi) is 5.62. The molecule has 0 saturated carbocycles. The molecule has 2 aromatic carbocycles. The minimum atomic E-state index is -0.395. The molecule has 0 radical (unpaired) electrons. The lowest BCUT2D eigenvalue weighted by molar-refractivity contribution is -0.121. The molecule has 0 aliphatic carbocycles. The van der Waals surface area contributed by atoms with Crippen LogP contribution < -0.4 is 10.2 Å². The molecule has 2 aliphatic heterocycles. The van der Waals surface area contributed by atoms with Crippen LogP contribution in [-0.4, -0.2) is 54.4 Å². The summed E-state index contributed by atoms with van der Waals surface area (Å²) in [5.74, 6) is -1.23. The van der Waals surface area contributed by atoms with Crippen LogP contribution >= 0.6 is 0 Å². The first-order chi connectivity index (χ1) is 15.0. The van der Waals surface area contributed by atoms with Gasteiger partial charge in [-0.15, -0.1) is 0 Å². The average Bonchev–Trinajstić information content (AvgIpc) is 3.30. The van der Waals surface area contributed by atoms with Crippen LogP contribution in [-0.2, 0) is 16.0 Å². The van der Waals surface area contributed by atoms with Crippen molar-refractivity contribution in [3.8, 4) is 0 Å². The standard InChI is InChI=1S/C23H21N3O5/c27-14-25-11-8-15-13-16(5-6-19(15)25)20(28)7-10-24-21(29)9-12-26-22(30)17-3-1-2-4-18(17)23(26)31/h1-6,13-14H,7-12H2,(H,24,29). The zero-order chi connectivity index (χ0) is 22.0. The number of benzene rings is 2. The summed E-state index contributed by atoms with van der Waals surface area (Å²) in [6.45, 7) is 0.765. The fraction of sp³-hybridized carbons (Fsp3) is 0.261. The third-order valence-electron chi connectivity index (χ3n) is 5.58. The molecule has 4 rings (SSSR count). The lowest BCUT2D eigenvalue weighted by atomic mass is 10.0. The lowest BCUT2D eigenvalue weighted by Gasteiger charge is -2.13. The van der Waals surface area contributed by atoms with Gasteiger partial charge in [-0.05, 0) is 42.3 Å². The molecule has 2 aliphatic rings. The van der Waals surface area contributed by atoms with E-state index in [0.717, 1.165) is 22.6 Å². The zero-order valence-corrected chi connectivity index (χ0v) is 16.8. The van der Waals surface area contributed by atoms with Gasteiger partial charge in [-0.2, -0.15) is 0 Å². The van der Waals surface area contributed by atoms with E-state index in [1.807, 2.05) is 0 Å². The summed E-state index contributed by atoms with van der Waals surface area (Å²) < 4.78 is 0. The van der Waals surface area contributed by atoms with E-state index >= 15 is 0 Å². The highest BCUT2D eigenvalue weighted by Crippen LogP contribution is 2.28. The van der Waals surface area contributed by atoms with Gasteiger partial charge in [0.05, 0.1) is 11.1 Å². The van der Waals surface area contributed by atoms with E-state index in [2.05, 4.69) is 5.32 Å². The van der Waals surface area contributed by atoms with Gasteiger partial charge in [0.25, 0.3) is 11.8 Å². The van der Waals surface area contributed by atoms with E-state index in [1.54, 1.807) is 47.4 Å². The Morgan fingerprint density at radius 1 is 1.00 bits per heavy atom. The van der Waals surface area contributed by atoms with Crippen molar-refractivity contribution < 1.29 is 24.0 Å². The smallest absolute Gasteiger partial charge is 0.261 e. The number of imide groups is 1. The topological polar surface area (TPSA) is 104 Å². The Labute approximate surface area is 178 Å². The van der Waals surface area contributed by atoms with Crippen molar-refractivity contribution >= 4 is 35.6 Å². The van der Waals surface area contributed by atoms with E-state index in [1.165, 1.54) is 0 Å². The molecular weight excluding hydrogens is 398 g/mol. The van der Waals surface area contributed by atoms with Gasteiger partial charge in [-0.1, -0.05) is 12.1 Å². The van der Waals surface area contributed by atoms with Crippen LogP contribution in [0.15, 0.2) is 42.5 Å². The van der Waals surface area contributed by atoms with Crippen LogP contribution in [0.25, 0.3) is 0 Å². The number of carbonyl (C=O) groups is 5.